The van der Waals surface area contributed by atoms with E-state index in [-0.39, 0.29) is 13.2 Å². The molecule has 0 radical (unpaired) electrons. The summed E-state index contributed by atoms with van der Waals surface area (Å²) in [5.41, 5.74) is 0. The van der Waals surface area contributed by atoms with Gasteiger partial charge in [0.15, 0.2) is 6.61 Å². The van der Waals surface area contributed by atoms with E-state index in [4.69, 9.17) is 5.26 Å². The lowest BCUT2D eigenvalue weighted by Gasteiger charge is -2.03. The van der Waals surface area contributed by atoms with Crippen molar-refractivity contribution in [2.45, 2.75) is 0 Å². The second-order valence-corrected chi connectivity index (χ2v) is 1.97. The van der Waals surface area contributed by atoms with Crippen LogP contribution < -0.4 is 0 Å². The molecular weight excluding hydrogens is 190 g/mol. The van der Waals surface area contributed by atoms with Crippen molar-refractivity contribution in [1.82, 2.24) is 0 Å². The third kappa shape index (κ3) is 6.67. The second-order valence-electron chi connectivity index (χ2n) is 1.97. The summed E-state index contributed by atoms with van der Waals surface area (Å²) in [6.45, 7) is 2.61. The van der Waals surface area contributed by atoms with Crippen LogP contribution in [0.3, 0.4) is 0 Å². The fourth-order valence-corrected chi connectivity index (χ4v) is 0.490. The molecular formula is C8H9NO5. The van der Waals surface area contributed by atoms with Crippen molar-refractivity contribution in [3.63, 3.8) is 0 Å². The number of hydrogen-bond acceptors (Lipinski definition) is 6. The molecule has 0 aliphatic heterocycles. The van der Waals surface area contributed by atoms with Gasteiger partial charge in [-0.05, 0) is 0 Å². The molecule has 0 saturated heterocycles. The molecule has 0 aromatic heterocycles. The molecule has 0 N–H and O–H groups in total. The zero-order chi connectivity index (χ0) is 10.8. The molecule has 0 aromatic carbocycles. The molecule has 0 rings (SSSR count). The van der Waals surface area contributed by atoms with E-state index in [1.165, 1.54) is 6.26 Å². The summed E-state index contributed by atoms with van der Waals surface area (Å²) in [4.78, 5) is 21.1. The molecule has 0 unspecified atom stereocenters. The minimum Gasteiger partial charge on any atom is -0.460 e. The Balaban J connectivity index is 3.36. The van der Waals surface area contributed by atoms with Crippen molar-refractivity contribution < 1.29 is 23.8 Å². The van der Waals surface area contributed by atoms with Crippen molar-refractivity contribution in [3.8, 4) is 6.26 Å². The van der Waals surface area contributed by atoms with Gasteiger partial charge in [-0.15, -0.1) is 0 Å². The van der Waals surface area contributed by atoms with Crippen LogP contribution in [0.5, 0.6) is 0 Å². The maximum absolute atomic E-state index is 10.7. The molecule has 0 aliphatic rings. The van der Waals surface area contributed by atoms with E-state index in [9.17, 15) is 9.59 Å². The van der Waals surface area contributed by atoms with Crippen LogP contribution >= 0.6 is 0 Å². The molecule has 0 saturated carbocycles. The Bertz CT molecular complexity index is 255. The van der Waals surface area contributed by atoms with Crippen LogP contribution in [-0.2, 0) is 23.8 Å². The molecule has 0 heterocycles. The number of carbonyl (C=O) groups is 2. The number of esters is 2. The first-order chi connectivity index (χ1) is 6.70. The predicted octanol–water partition coefficient (Wildman–Crippen LogP) is -0.244. The van der Waals surface area contributed by atoms with Crippen molar-refractivity contribution in [3.05, 3.63) is 12.7 Å². The Kier molecular flexibility index (Phi) is 6.51. The van der Waals surface area contributed by atoms with Crippen molar-refractivity contribution in [2.24, 2.45) is 0 Å². The topological polar surface area (TPSA) is 85.6 Å². The average Bonchev–Trinajstić information content (AvgIpc) is 2.21. The van der Waals surface area contributed by atoms with Crippen LogP contribution in [-0.4, -0.2) is 31.8 Å². The lowest BCUT2D eigenvalue weighted by atomic mass is 10.6. The fourth-order valence-electron chi connectivity index (χ4n) is 0.490. The third-order valence-corrected chi connectivity index (χ3v) is 1.01. The Morgan fingerprint density at radius 2 is 2.00 bits per heavy atom. The van der Waals surface area contributed by atoms with E-state index >= 15 is 0 Å². The quantitative estimate of drug-likeness (QED) is 0.254. The zero-order valence-corrected chi connectivity index (χ0v) is 7.39. The van der Waals surface area contributed by atoms with Gasteiger partial charge in [0.1, 0.15) is 13.2 Å². The minimum atomic E-state index is -0.693. The maximum Gasteiger partial charge on any atom is 0.345 e. The minimum absolute atomic E-state index is 0.0524. The molecule has 0 spiro atoms. The van der Waals surface area contributed by atoms with Crippen molar-refractivity contribution >= 4 is 11.9 Å². The lowest BCUT2D eigenvalue weighted by Crippen LogP contribution is -2.15. The summed E-state index contributed by atoms with van der Waals surface area (Å²) in [6, 6.07) is 0. The molecule has 0 aliphatic carbocycles. The summed E-state index contributed by atoms with van der Waals surface area (Å²) >= 11 is 0. The lowest BCUT2D eigenvalue weighted by molar-refractivity contribution is -0.151. The summed E-state index contributed by atoms with van der Waals surface area (Å²) in [5.74, 6) is -1.28. The predicted molar refractivity (Wildman–Crippen MR) is 43.7 cm³/mol. The average molecular weight is 199 g/mol. The number of hydrogen-bond donors (Lipinski definition) is 0. The normalized spacial score (nSPS) is 8.21. The highest BCUT2D eigenvalue weighted by Gasteiger charge is 2.03. The van der Waals surface area contributed by atoms with Crippen LogP contribution in [0.1, 0.15) is 0 Å². The number of carbonyl (C=O) groups excluding carboxylic acids is 2. The zero-order valence-electron chi connectivity index (χ0n) is 7.39. The van der Waals surface area contributed by atoms with Crippen molar-refractivity contribution in [2.75, 3.05) is 19.8 Å². The van der Waals surface area contributed by atoms with E-state index in [0.29, 0.717) is 0 Å². The molecule has 0 atom stereocenters. The third-order valence-electron chi connectivity index (χ3n) is 1.01. The molecule has 0 bridgehead atoms. The first-order valence-electron chi connectivity index (χ1n) is 3.66. The standard InChI is InChI=1S/C8H9NO5/c1-2-7(10)13-3-4-14-8(11)5-12-6-9/h2H,1,3-5H2. The summed E-state index contributed by atoms with van der Waals surface area (Å²) in [6.07, 6.45) is 2.32. The van der Waals surface area contributed by atoms with Crippen LogP contribution in [0, 0.1) is 11.5 Å². The van der Waals surface area contributed by atoms with Gasteiger partial charge in [-0.1, -0.05) is 6.58 Å². The van der Waals surface area contributed by atoms with E-state index in [1.54, 1.807) is 0 Å². The Morgan fingerprint density at radius 3 is 2.57 bits per heavy atom. The molecule has 76 valence electrons. The van der Waals surface area contributed by atoms with Gasteiger partial charge >= 0.3 is 11.9 Å². The first kappa shape index (κ1) is 12.0. The van der Waals surface area contributed by atoms with Gasteiger partial charge in [0.25, 0.3) is 6.26 Å². The SMILES string of the molecule is C=CC(=O)OCCOC(=O)COC#N. The summed E-state index contributed by atoms with van der Waals surface area (Å²) in [5, 5.41) is 7.93. The van der Waals surface area contributed by atoms with Crippen LogP contribution in [0.4, 0.5) is 0 Å². The largest absolute Gasteiger partial charge is 0.460 e. The van der Waals surface area contributed by atoms with Gasteiger partial charge in [-0.25, -0.2) is 9.59 Å². The molecule has 0 fully saturated rings. The maximum atomic E-state index is 10.7. The molecule has 6 nitrogen and oxygen atoms in total. The van der Waals surface area contributed by atoms with Gasteiger partial charge in [0.05, 0.1) is 0 Å². The molecule has 14 heavy (non-hydrogen) atoms. The Morgan fingerprint density at radius 1 is 1.36 bits per heavy atom. The highest BCUT2D eigenvalue weighted by molar-refractivity contribution is 5.81. The molecule has 0 aromatic rings. The highest BCUT2D eigenvalue weighted by Crippen LogP contribution is 1.83. The number of rotatable bonds is 6. The van der Waals surface area contributed by atoms with Gasteiger partial charge in [-0.3, -0.25) is 0 Å². The Hall–Kier alpha value is -2.03. The number of nitrogens with zero attached hydrogens (tertiary/aromatic N) is 1. The summed E-state index contributed by atoms with van der Waals surface area (Å²) < 4.78 is 13.1. The van der Waals surface area contributed by atoms with Crippen LogP contribution in [0.2, 0.25) is 0 Å². The second kappa shape index (κ2) is 7.61. The number of ether oxygens (including phenoxy) is 3. The summed E-state index contributed by atoms with van der Waals surface area (Å²) in [7, 11) is 0. The van der Waals surface area contributed by atoms with Gasteiger partial charge in [0.2, 0.25) is 0 Å². The van der Waals surface area contributed by atoms with E-state index < -0.39 is 18.5 Å². The van der Waals surface area contributed by atoms with E-state index in [2.05, 4.69) is 20.8 Å². The van der Waals surface area contributed by atoms with Crippen LogP contribution in [0.25, 0.3) is 0 Å². The first-order valence-corrected chi connectivity index (χ1v) is 3.66. The van der Waals surface area contributed by atoms with E-state index in [1.807, 2.05) is 0 Å². The van der Waals surface area contributed by atoms with Crippen molar-refractivity contribution in [1.29, 1.82) is 5.26 Å². The fraction of sp³-hybridized carbons (Fsp3) is 0.375. The number of nitriles is 1. The Labute approximate surface area is 80.7 Å². The monoisotopic (exact) mass is 199 g/mol. The van der Waals surface area contributed by atoms with Gasteiger partial charge in [-0.2, -0.15) is 5.26 Å². The van der Waals surface area contributed by atoms with Gasteiger partial charge < -0.3 is 14.2 Å². The van der Waals surface area contributed by atoms with Gasteiger partial charge in [0, 0.05) is 6.08 Å². The molecule has 6 heteroatoms. The van der Waals surface area contributed by atoms with E-state index in [0.717, 1.165) is 6.08 Å². The van der Waals surface area contributed by atoms with Crippen LogP contribution in [0.15, 0.2) is 12.7 Å². The molecule has 0 amide bonds. The smallest absolute Gasteiger partial charge is 0.345 e. The highest BCUT2D eigenvalue weighted by atomic mass is 16.6.